The number of hydrogen-bond donors (Lipinski definition) is 0. The highest BCUT2D eigenvalue weighted by Crippen LogP contribution is 2.10. The van der Waals surface area contributed by atoms with Gasteiger partial charge in [-0.3, -0.25) is 14.4 Å². The Labute approximate surface area is 159 Å². The number of piperazine rings is 1. The summed E-state index contributed by atoms with van der Waals surface area (Å²) in [5.74, 6) is -0.830. The van der Waals surface area contributed by atoms with Gasteiger partial charge in [0.25, 0.3) is 0 Å². The number of rotatable bonds is 3. The van der Waals surface area contributed by atoms with E-state index >= 15 is 0 Å². The van der Waals surface area contributed by atoms with Crippen LogP contribution in [0.15, 0.2) is 24.3 Å². The fourth-order valence-corrected chi connectivity index (χ4v) is 3.36. The number of carbonyl (C=O) groups excluding carboxylic acids is 3. The number of morpholine rings is 1. The van der Waals surface area contributed by atoms with Gasteiger partial charge < -0.3 is 19.4 Å². The molecule has 0 aliphatic carbocycles. The van der Waals surface area contributed by atoms with Gasteiger partial charge in [-0.25, -0.2) is 0 Å². The van der Waals surface area contributed by atoms with Crippen molar-refractivity contribution in [2.24, 2.45) is 0 Å². The largest absolute Gasteiger partial charge is 0.378 e. The maximum atomic E-state index is 12.4. The molecule has 0 bridgehead atoms. The van der Waals surface area contributed by atoms with E-state index in [4.69, 9.17) is 4.74 Å². The monoisotopic (exact) mass is 373 g/mol. The van der Waals surface area contributed by atoms with Crippen LogP contribution in [-0.2, 0) is 25.5 Å². The maximum absolute atomic E-state index is 12.4. The van der Waals surface area contributed by atoms with Crippen LogP contribution in [0.3, 0.4) is 0 Å². The van der Waals surface area contributed by atoms with Gasteiger partial charge in [-0.15, -0.1) is 0 Å². The summed E-state index contributed by atoms with van der Waals surface area (Å²) in [7, 11) is 0. The normalized spacial score (nSPS) is 17.7. The molecule has 0 spiro atoms. The van der Waals surface area contributed by atoms with Crippen LogP contribution < -0.4 is 0 Å². The summed E-state index contributed by atoms with van der Waals surface area (Å²) in [4.78, 5) is 42.0. The quantitative estimate of drug-likeness (QED) is 0.722. The molecule has 7 nitrogen and oxygen atoms in total. The van der Waals surface area contributed by atoms with Gasteiger partial charge in [-0.2, -0.15) is 0 Å². The van der Waals surface area contributed by atoms with Crippen molar-refractivity contribution in [3.63, 3.8) is 0 Å². The Morgan fingerprint density at radius 3 is 1.93 bits per heavy atom. The minimum atomic E-state index is -0.469. The summed E-state index contributed by atoms with van der Waals surface area (Å²) in [5.41, 5.74) is 2.36. The van der Waals surface area contributed by atoms with Crippen LogP contribution in [0.1, 0.15) is 17.5 Å². The zero-order valence-corrected chi connectivity index (χ0v) is 15.9. The molecule has 0 saturated carbocycles. The molecule has 2 aliphatic rings. The van der Waals surface area contributed by atoms with Gasteiger partial charge in [0.15, 0.2) is 0 Å². The predicted molar refractivity (Wildman–Crippen MR) is 100 cm³/mol. The lowest BCUT2D eigenvalue weighted by Gasteiger charge is -2.36. The minimum absolute atomic E-state index is 0.0992. The summed E-state index contributed by atoms with van der Waals surface area (Å²) in [5, 5.41) is 0. The van der Waals surface area contributed by atoms with E-state index in [9.17, 15) is 14.4 Å². The summed E-state index contributed by atoms with van der Waals surface area (Å²) in [6.45, 7) is 5.69. The summed E-state index contributed by atoms with van der Waals surface area (Å²) in [6, 6.07) is 8.21. The second kappa shape index (κ2) is 8.99. The molecule has 0 atom stereocenters. The lowest BCUT2D eigenvalue weighted by molar-refractivity contribution is -0.155. The van der Waals surface area contributed by atoms with Crippen molar-refractivity contribution in [3.05, 3.63) is 35.4 Å². The Bertz CT molecular complexity index is 675. The molecule has 146 valence electrons. The van der Waals surface area contributed by atoms with Gasteiger partial charge in [0.2, 0.25) is 5.91 Å². The Hall–Kier alpha value is -2.41. The van der Waals surface area contributed by atoms with E-state index in [1.807, 2.05) is 6.92 Å². The van der Waals surface area contributed by atoms with Gasteiger partial charge in [-0.1, -0.05) is 29.8 Å². The number of hydrogen-bond acceptors (Lipinski definition) is 4. The topological polar surface area (TPSA) is 70.2 Å². The predicted octanol–water partition coefficient (Wildman–Crippen LogP) is 0.457. The number of aryl methyl sites for hydroxylation is 2. The molecule has 1 aromatic carbocycles. The SMILES string of the molecule is Cc1ccc(CCC(=O)N2CCN(C(=O)C(=O)N3CCOCC3)CC2)cc1. The fraction of sp³-hybridized carbons (Fsp3) is 0.550. The van der Waals surface area contributed by atoms with E-state index in [0.29, 0.717) is 65.3 Å². The Morgan fingerprint density at radius 1 is 0.815 bits per heavy atom. The lowest BCUT2D eigenvalue weighted by Crippen LogP contribution is -2.55. The van der Waals surface area contributed by atoms with Crippen molar-refractivity contribution < 1.29 is 19.1 Å². The van der Waals surface area contributed by atoms with Crippen molar-refractivity contribution in [2.45, 2.75) is 19.8 Å². The first-order valence-electron chi connectivity index (χ1n) is 9.54. The molecule has 2 fully saturated rings. The first-order chi connectivity index (χ1) is 13.0. The second-order valence-electron chi connectivity index (χ2n) is 7.06. The second-order valence-corrected chi connectivity index (χ2v) is 7.06. The molecule has 2 saturated heterocycles. The molecule has 1 aromatic rings. The molecule has 3 rings (SSSR count). The van der Waals surface area contributed by atoms with Crippen LogP contribution in [0, 0.1) is 6.92 Å². The van der Waals surface area contributed by atoms with Crippen molar-refractivity contribution in [1.82, 2.24) is 14.7 Å². The van der Waals surface area contributed by atoms with Crippen LogP contribution in [0.2, 0.25) is 0 Å². The van der Waals surface area contributed by atoms with Crippen LogP contribution in [0.4, 0.5) is 0 Å². The third kappa shape index (κ3) is 5.07. The Kier molecular flexibility index (Phi) is 6.45. The standard InChI is InChI=1S/C20H27N3O4/c1-16-2-4-17(5-3-16)6-7-18(24)21-8-10-22(11-9-21)19(25)20(26)23-12-14-27-15-13-23/h2-5H,6-15H2,1H3. The van der Waals surface area contributed by atoms with E-state index in [2.05, 4.69) is 24.3 Å². The third-order valence-electron chi connectivity index (χ3n) is 5.15. The highest BCUT2D eigenvalue weighted by atomic mass is 16.5. The number of ether oxygens (including phenoxy) is 1. The zero-order chi connectivity index (χ0) is 19.2. The van der Waals surface area contributed by atoms with E-state index in [0.717, 1.165) is 5.56 Å². The van der Waals surface area contributed by atoms with Crippen LogP contribution >= 0.6 is 0 Å². The number of benzene rings is 1. The summed E-state index contributed by atoms with van der Waals surface area (Å²) < 4.78 is 5.21. The first-order valence-corrected chi connectivity index (χ1v) is 9.54. The van der Waals surface area contributed by atoms with Gasteiger partial charge in [0.1, 0.15) is 0 Å². The van der Waals surface area contributed by atoms with Gasteiger partial charge >= 0.3 is 11.8 Å². The third-order valence-corrected chi connectivity index (χ3v) is 5.15. The number of amides is 3. The van der Waals surface area contributed by atoms with Crippen LogP contribution in [0.5, 0.6) is 0 Å². The fourth-order valence-electron chi connectivity index (χ4n) is 3.36. The summed E-state index contributed by atoms with van der Waals surface area (Å²) in [6.07, 6.45) is 1.18. The highest BCUT2D eigenvalue weighted by molar-refractivity contribution is 6.34. The van der Waals surface area contributed by atoms with Gasteiger partial charge in [0, 0.05) is 45.7 Å². The van der Waals surface area contributed by atoms with E-state index in [-0.39, 0.29) is 5.91 Å². The highest BCUT2D eigenvalue weighted by Gasteiger charge is 2.31. The molecule has 3 amide bonds. The van der Waals surface area contributed by atoms with Crippen molar-refractivity contribution in [1.29, 1.82) is 0 Å². The van der Waals surface area contributed by atoms with E-state index < -0.39 is 11.8 Å². The van der Waals surface area contributed by atoms with E-state index in [1.165, 1.54) is 5.56 Å². The average molecular weight is 373 g/mol. The smallest absolute Gasteiger partial charge is 0.312 e. The molecule has 0 aromatic heterocycles. The molecule has 0 N–H and O–H groups in total. The molecular formula is C20H27N3O4. The van der Waals surface area contributed by atoms with Gasteiger partial charge in [0.05, 0.1) is 13.2 Å². The Morgan fingerprint density at radius 2 is 1.33 bits per heavy atom. The van der Waals surface area contributed by atoms with Gasteiger partial charge in [-0.05, 0) is 18.9 Å². The molecule has 2 heterocycles. The van der Waals surface area contributed by atoms with Crippen LogP contribution in [-0.4, -0.2) is 84.9 Å². The lowest BCUT2D eigenvalue weighted by atomic mass is 10.1. The Balaban J connectivity index is 1.43. The molecule has 27 heavy (non-hydrogen) atoms. The molecule has 0 radical (unpaired) electrons. The zero-order valence-electron chi connectivity index (χ0n) is 15.9. The molecule has 0 unspecified atom stereocenters. The van der Waals surface area contributed by atoms with Crippen molar-refractivity contribution in [2.75, 3.05) is 52.5 Å². The van der Waals surface area contributed by atoms with E-state index in [1.54, 1.807) is 14.7 Å². The molecular weight excluding hydrogens is 346 g/mol. The summed E-state index contributed by atoms with van der Waals surface area (Å²) >= 11 is 0. The van der Waals surface area contributed by atoms with Crippen molar-refractivity contribution in [3.8, 4) is 0 Å². The minimum Gasteiger partial charge on any atom is -0.378 e. The number of nitrogens with zero attached hydrogens (tertiary/aromatic N) is 3. The maximum Gasteiger partial charge on any atom is 0.312 e. The first kappa shape index (κ1) is 19.4. The average Bonchev–Trinajstić information content (AvgIpc) is 2.73. The van der Waals surface area contributed by atoms with Crippen LogP contribution in [0.25, 0.3) is 0 Å². The number of carbonyl (C=O) groups is 3. The van der Waals surface area contributed by atoms with Crippen molar-refractivity contribution >= 4 is 17.7 Å². The molecule has 2 aliphatic heterocycles. The molecule has 7 heteroatoms.